The van der Waals surface area contributed by atoms with Crippen molar-refractivity contribution in [3.63, 3.8) is 0 Å². The third-order valence-electron chi connectivity index (χ3n) is 3.40. The number of carbonyl (C=O) groups is 2. The molecule has 0 bridgehead atoms. The van der Waals surface area contributed by atoms with Crippen molar-refractivity contribution in [2.45, 2.75) is 13.8 Å². The predicted octanol–water partition coefficient (Wildman–Crippen LogP) is 3.48. The summed E-state index contributed by atoms with van der Waals surface area (Å²) in [5.74, 6) is -0.395. The van der Waals surface area contributed by atoms with Gasteiger partial charge in [0.25, 0.3) is 11.8 Å². The molecule has 0 atom stereocenters. The van der Waals surface area contributed by atoms with Crippen molar-refractivity contribution in [2.24, 2.45) is 0 Å². The molecule has 0 saturated heterocycles. The zero-order valence-corrected chi connectivity index (χ0v) is 16.8. The van der Waals surface area contributed by atoms with Gasteiger partial charge < -0.3 is 10.6 Å². The Morgan fingerprint density at radius 3 is 2.28 bits per heavy atom. The first-order chi connectivity index (χ1) is 11.9. The van der Waals surface area contributed by atoms with Crippen molar-refractivity contribution >= 4 is 57.4 Å². The summed E-state index contributed by atoms with van der Waals surface area (Å²) in [6.07, 6.45) is 0. The summed E-state index contributed by atoms with van der Waals surface area (Å²) in [5.41, 5.74) is 2.92. The molecule has 5 nitrogen and oxygen atoms in total. The van der Waals surface area contributed by atoms with Gasteiger partial charge in [-0.25, -0.2) is 0 Å². The standard InChI is InChI=1S/C18H18IN3O2S/c1-3-20-16(23)12-6-8-14(9-7-12)21-18(25)22-17(24)13-5-4-11(2)15(19)10-13/h4-10H,3H2,1-2H3,(H,20,23)(H2,21,22,24,25). The molecule has 2 aromatic carbocycles. The molecule has 0 radical (unpaired) electrons. The van der Waals surface area contributed by atoms with Crippen LogP contribution in [-0.4, -0.2) is 23.5 Å². The van der Waals surface area contributed by atoms with Crippen LogP contribution in [0.15, 0.2) is 42.5 Å². The Morgan fingerprint density at radius 1 is 1.04 bits per heavy atom. The van der Waals surface area contributed by atoms with Gasteiger partial charge in [0.1, 0.15) is 0 Å². The summed E-state index contributed by atoms with van der Waals surface area (Å²) >= 11 is 7.36. The Bertz CT molecular complexity index is 806. The zero-order chi connectivity index (χ0) is 18.4. The van der Waals surface area contributed by atoms with E-state index in [1.807, 2.05) is 26.0 Å². The number of amides is 2. The van der Waals surface area contributed by atoms with Crippen molar-refractivity contribution in [3.05, 3.63) is 62.7 Å². The van der Waals surface area contributed by atoms with Crippen LogP contribution in [0.1, 0.15) is 33.2 Å². The third-order valence-corrected chi connectivity index (χ3v) is 4.77. The van der Waals surface area contributed by atoms with Crippen LogP contribution in [0.3, 0.4) is 0 Å². The highest BCUT2D eigenvalue weighted by molar-refractivity contribution is 14.1. The van der Waals surface area contributed by atoms with Crippen LogP contribution in [0.5, 0.6) is 0 Å². The fraction of sp³-hybridized carbons (Fsp3) is 0.167. The predicted molar refractivity (Wildman–Crippen MR) is 112 cm³/mol. The van der Waals surface area contributed by atoms with Crippen molar-refractivity contribution in [1.82, 2.24) is 10.6 Å². The van der Waals surface area contributed by atoms with E-state index in [1.54, 1.807) is 30.3 Å². The number of aryl methyl sites for hydroxylation is 1. The Hall–Kier alpha value is -2.00. The van der Waals surface area contributed by atoms with Crippen LogP contribution >= 0.6 is 34.8 Å². The molecule has 2 aromatic rings. The van der Waals surface area contributed by atoms with E-state index in [1.165, 1.54) is 0 Å². The first-order valence-corrected chi connectivity index (χ1v) is 9.16. The van der Waals surface area contributed by atoms with E-state index in [9.17, 15) is 9.59 Å². The molecule has 3 N–H and O–H groups in total. The molecule has 0 heterocycles. The molecule has 0 saturated carbocycles. The van der Waals surface area contributed by atoms with Gasteiger partial charge in [0.05, 0.1) is 0 Å². The number of hydrogen-bond acceptors (Lipinski definition) is 3. The Kier molecular flexibility index (Phi) is 6.89. The minimum atomic E-state index is -0.269. The second kappa shape index (κ2) is 8.91. The van der Waals surface area contributed by atoms with E-state index in [4.69, 9.17) is 12.2 Å². The topological polar surface area (TPSA) is 70.2 Å². The summed E-state index contributed by atoms with van der Waals surface area (Å²) in [5, 5.41) is 8.51. The summed E-state index contributed by atoms with van der Waals surface area (Å²) in [4.78, 5) is 23.9. The van der Waals surface area contributed by atoms with Crippen LogP contribution in [0.25, 0.3) is 0 Å². The van der Waals surface area contributed by atoms with Crippen LogP contribution in [0.4, 0.5) is 5.69 Å². The quantitative estimate of drug-likeness (QED) is 0.476. The number of halogens is 1. The molecule has 130 valence electrons. The molecule has 2 rings (SSSR count). The monoisotopic (exact) mass is 467 g/mol. The van der Waals surface area contributed by atoms with Gasteiger partial charge in [-0.2, -0.15) is 0 Å². The molecule has 0 aliphatic carbocycles. The number of hydrogen-bond donors (Lipinski definition) is 3. The minimum Gasteiger partial charge on any atom is -0.352 e. The average Bonchev–Trinajstić information content (AvgIpc) is 2.58. The maximum Gasteiger partial charge on any atom is 0.257 e. The summed E-state index contributed by atoms with van der Waals surface area (Å²) < 4.78 is 1.02. The maximum absolute atomic E-state index is 12.2. The first kappa shape index (κ1) is 19.3. The zero-order valence-electron chi connectivity index (χ0n) is 13.9. The van der Waals surface area contributed by atoms with Gasteiger partial charge in [-0.3, -0.25) is 14.9 Å². The van der Waals surface area contributed by atoms with Gasteiger partial charge in [-0.05, 0) is 90.6 Å². The Labute approximate surface area is 165 Å². The summed E-state index contributed by atoms with van der Waals surface area (Å²) in [7, 11) is 0. The molecular weight excluding hydrogens is 449 g/mol. The van der Waals surface area contributed by atoms with Crippen LogP contribution in [0, 0.1) is 10.5 Å². The van der Waals surface area contributed by atoms with Gasteiger partial charge in [0.2, 0.25) is 0 Å². The lowest BCUT2D eigenvalue weighted by atomic mass is 10.1. The van der Waals surface area contributed by atoms with Crippen LogP contribution in [-0.2, 0) is 0 Å². The molecule has 0 aliphatic heterocycles. The minimum absolute atomic E-state index is 0.126. The van der Waals surface area contributed by atoms with Crippen LogP contribution in [0.2, 0.25) is 0 Å². The number of thiocarbonyl (C=S) groups is 1. The van der Waals surface area contributed by atoms with E-state index in [0.29, 0.717) is 23.4 Å². The molecule has 7 heteroatoms. The average molecular weight is 467 g/mol. The highest BCUT2D eigenvalue weighted by Gasteiger charge is 2.10. The van der Waals surface area contributed by atoms with Gasteiger partial charge >= 0.3 is 0 Å². The number of nitrogens with one attached hydrogen (secondary N) is 3. The van der Waals surface area contributed by atoms with Crippen molar-refractivity contribution < 1.29 is 9.59 Å². The smallest absolute Gasteiger partial charge is 0.257 e. The van der Waals surface area contributed by atoms with E-state index in [-0.39, 0.29) is 16.9 Å². The molecule has 0 aromatic heterocycles. The lowest BCUT2D eigenvalue weighted by molar-refractivity contribution is 0.0953. The molecule has 0 unspecified atom stereocenters. The maximum atomic E-state index is 12.2. The third kappa shape index (κ3) is 5.50. The molecular formula is C18H18IN3O2S. The second-order valence-electron chi connectivity index (χ2n) is 5.31. The van der Waals surface area contributed by atoms with Crippen molar-refractivity contribution in [3.8, 4) is 0 Å². The molecule has 25 heavy (non-hydrogen) atoms. The summed E-state index contributed by atoms with van der Waals surface area (Å²) in [6.45, 7) is 4.43. The molecule has 0 aliphatic rings. The van der Waals surface area contributed by atoms with E-state index < -0.39 is 0 Å². The van der Waals surface area contributed by atoms with Gasteiger partial charge in [0.15, 0.2) is 5.11 Å². The molecule has 0 fully saturated rings. The van der Waals surface area contributed by atoms with Crippen molar-refractivity contribution in [2.75, 3.05) is 11.9 Å². The van der Waals surface area contributed by atoms with Gasteiger partial charge in [-0.1, -0.05) is 6.07 Å². The highest BCUT2D eigenvalue weighted by Crippen LogP contribution is 2.14. The first-order valence-electron chi connectivity index (χ1n) is 7.67. The van der Waals surface area contributed by atoms with Crippen molar-refractivity contribution in [1.29, 1.82) is 0 Å². The summed E-state index contributed by atoms with van der Waals surface area (Å²) in [6, 6.07) is 12.3. The lowest BCUT2D eigenvalue weighted by Crippen LogP contribution is -2.34. The van der Waals surface area contributed by atoms with E-state index in [0.717, 1.165) is 9.13 Å². The van der Waals surface area contributed by atoms with E-state index in [2.05, 4.69) is 38.5 Å². The normalized spacial score (nSPS) is 10.0. The fourth-order valence-electron chi connectivity index (χ4n) is 2.04. The van der Waals surface area contributed by atoms with Crippen LogP contribution < -0.4 is 16.0 Å². The largest absolute Gasteiger partial charge is 0.352 e. The highest BCUT2D eigenvalue weighted by atomic mass is 127. The molecule has 0 spiro atoms. The second-order valence-corrected chi connectivity index (χ2v) is 6.88. The number of rotatable bonds is 4. The lowest BCUT2D eigenvalue weighted by Gasteiger charge is -2.11. The number of carbonyl (C=O) groups excluding carboxylic acids is 2. The number of benzene rings is 2. The molecule has 2 amide bonds. The van der Waals surface area contributed by atoms with E-state index >= 15 is 0 Å². The van der Waals surface area contributed by atoms with Gasteiger partial charge in [-0.15, -0.1) is 0 Å². The number of anilines is 1. The Balaban J connectivity index is 1.96. The SMILES string of the molecule is CCNC(=O)c1ccc(NC(=S)NC(=O)c2ccc(C)c(I)c2)cc1. The Morgan fingerprint density at radius 2 is 1.68 bits per heavy atom. The van der Waals surface area contributed by atoms with Gasteiger partial charge in [0, 0.05) is 26.9 Å². The fourth-order valence-corrected chi connectivity index (χ4v) is 2.77.